The van der Waals surface area contributed by atoms with Crippen LogP contribution in [0.15, 0.2) is 57.6 Å². The summed E-state index contributed by atoms with van der Waals surface area (Å²) in [5.74, 6) is 0.756. The Morgan fingerprint density at radius 2 is 1.82 bits per heavy atom. The van der Waals surface area contributed by atoms with Gasteiger partial charge in [-0.2, -0.15) is 13.7 Å². The van der Waals surface area contributed by atoms with Gasteiger partial charge in [-0.15, -0.1) is 0 Å². The van der Waals surface area contributed by atoms with Crippen molar-refractivity contribution in [3.8, 4) is 11.1 Å². The molecule has 0 aliphatic heterocycles. The van der Waals surface area contributed by atoms with Crippen molar-refractivity contribution < 1.29 is 4.79 Å². The molecule has 0 fully saturated rings. The van der Waals surface area contributed by atoms with Crippen molar-refractivity contribution in [2.75, 3.05) is 17.2 Å². The number of benzene rings is 2. The fourth-order valence-corrected chi connectivity index (χ4v) is 5.31. The maximum atomic E-state index is 12.4. The van der Waals surface area contributed by atoms with Crippen LogP contribution in [0.2, 0.25) is 0 Å². The SMILES string of the molecule is CCNC(=O)Nc1nc2nc(Nc3ccc4nsnc4c3)ncc2cc1-c1c(Br)cccc1Br. The van der Waals surface area contributed by atoms with Crippen LogP contribution in [0.1, 0.15) is 6.92 Å². The van der Waals surface area contributed by atoms with Crippen molar-refractivity contribution in [2.24, 2.45) is 0 Å². The number of pyridine rings is 1. The summed E-state index contributed by atoms with van der Waals surface area (Å²) in [5.41, 5.74) is 4.44. The summed E-state index contributed by atoms with van der Waals surface area (Å²) in [6.07, 6.45) is 1.70. The van der Waals surface area contributed by atoms with Gasteiger partial charge >= 0.3 is 6.03 Å². The van der Waals surface area contributed by atoms with E-state index in [2.05, 4.69) is 71.5 Å². The molecule has 5 rings (SSSR count). The Balaban J connectivity index is 1.58. The zero-order chi connectivity index (χ0) is 23.7. The molecule has 0 unspecified atom stereocenters. The van der Waals surface area contributed by atoms with Gasteiger partial charge in [0.05, 0.1) is 11.7 Å². The van der Waals surface area contributed by atoms with E-state index in [1.165, 1.54) is 11.7 Å². The lowest BCUT2D eigenvalue weighted by molar-refractivity contribution is 0.252. The number of nitrogens with zero attached hydrogens (tertiary/aromatic N) is 5. The molecule has 3 heterocycles. The average molecular weight is 600 g/mol. The predicted molar refractivity (Wildman–Crippen MR) is 142 cm³/mol. The summed E-state index contributed by atoms with van der Waals surface area (Å²) in [6, 6.07) is 13.0. The summed E-state index contributed by atoms with van der Waals surface area (Å²) >= 11 is 8.38. The van der Waals surface area contributed by atoms with Crippen LogP contribution in [-0.2, 0) is 0 Å². The molecular formula is C22H16Br2N8OS. The van der Waals surface area contributed by atoms with Crippen molar-refractivity contribution >= 4 is 89.1 Å². The molecule has 0 atom stereocenters. The van der Waals surface area contributed by atoms with Crippen molar-refractivity contribution in [1.29, 1.82) is 0 Å². The number of halogens is 2. The first kappa shape index (κ1) is 22.6. The van der Waals surface area contributed by atoms with Gasteiger partial charge in [0.1, 0.15) is 16.9 Å². The van der Waals surface area contributed by atoms with Gasteiger partial charge in [-0.05, 0) is 43.3 Å². The molecule has 0 radical (unpaired) electrons. The van der Waals surface area contributed by atoms with E-state index in [-0.39, 0.29) is 6.03 Å². The van der Waals surface area contributed by atoms with Crippen LogP contribution in [0, 0.1) is 0 Å². The van der Waals surface area contributed by atoms with Crippen LogP contribution in [0.5, 0.6) is 0 Å². The Bertz CT molecular complexity index is 1520. The largest absolute Gasteiger partial charge is 0.338 e. The number of carbonyl (C=O) groups is 1. The summed E-state index contributed by atoms with van der Waals surface area (Å²) in [6.45, 7) is 2.34. The molecule has 0 spiro atoms. The highest BCUT2D eigenvalue weighted by atomic mass is 79.9. The molecule has 0 aliphatic carbocycles. The van der Waals surface area contributed by atoms with Crippen molar-refractivity contribution in [1.82, 2.24) is 29.0 Å². The number of amides is 2. The second-order valence-corrected chi connectivity index (χ2v) is 9.40. The van der Waals surface area contributed by atoms with Gasteiger partial charge in [-0.1, -0.05) is 37.9 Å². The minimum absolute atomic E-state index is 0.351. The lowest BCUT2D eigenvalue weighted by Gasteiger charge is -2.15. The van der Waals surface area contributed by atoms with Crippen molar-refractivity contribution in [2.45, 2.75) is 6.92 Å². The van der Waals surface area contributed by atoms with Gasteiger partial charge in [0.15, 0.2) is 5.65 Å². The third kappa shape index (κ3) is 4.56. The number of anilines is 3. The molecule has 0 bridgehead atoms. The zero-order valence-corrected chi connectivity index (χ0v) is 21.6. The molecule has 170 valence electrons. The highest BCUT2D eigenvalue weighted by Crippen LogP contribution is 2.39. The van der Waals surface area contributed by atoms with Gasteiger partial charge in [0.2, 0.25) is 5.95 Å². The Kier molecular flexibility index (Phi) is 6.35. The number of hydrogen-bond acceptors (Lipinski definition) is 8. The Morgan fingerprint density at radius 1 is 1.03 bits per heavy atom. The van der Waals surface area contributed by atoms with Crippen LogP contribution < -0.4 is 16.0 Å². The van der Waals surface area contributed by atoms with E-state index in [0.29, 0.717) is 24.0 Å². The highest BCUT2D eigenvalue weighted by molar-refractivity contribution is 9.11. The van der Waals surface area contributed by atoms with E-state index in [4.69, 9.17) is 0 Å². The van der Waals surface area contributed by atoms with Gasteiger partial charge in [0, 0.05) is 43.9 Å². The maximum absolute atomic E-state index is 12.4. The monoisotopic (exact) mass is 598 g/mol. The van der Waals surface area contributed by atoms with E-state index in [9.17, 15) is 4.79 Å². The van der Waals surface area contributed by atoms with Crippen molar-refractivity contribution in [3.05, 3.63) is 57.6 Å². The number of urea groups is 1. The van der Waals surface area contributed by atoms with Crippen molar-refractivity contribution in [3.63, 3.8) is 0 Å². The molecule has 3 aromatic heterocycles. The number of nitrogens with one attached hydrogen (secondary N) is 3. The molecule has 3 N–H and O–H groups in total. The maximum Gasteiger partial charge on any atom is 0.320 e. The number of rotatable bonds is 5. The number of carbonyl (C=O) groups excluding carboxylic acids is 1. The number of hydrogen-bond donors (Lipinski definition) is 3. The van der Waals surface area contributed by atoms with Crippen LogP contribution >= 0.6 is 43.6 Å². The molecule has 0 aliphatic rings. The second kappa shape index (κ2) is 9.57. The highest BCUT2D eigenvalue weighted by Gasteiger charge is 2.17. The molecule has 0 saturated carbocycles. The smallest absolute Gasteiger partial charge is 0.320 e. The van der Waals surface area contributed by atoms with E-state index in [0.717, 1.165) is 42.2 Å². The molecule has 0 saturated heterocycles. The first-order valence-electron chi connectivity index (χ1n) is 10.2. The Hall–Kier alpha value is -3.22. The normalized spacial score (nSPS) is 11.0. The molecule has 2 aromatic carbocycles. The number of fused-ring (bicyclic) bond motifs is 2. The summed E-state index contributed by atoms with van der Waals surface area (Å²) < 4.78 is 10.2. The Labute approximate surface area is 215 Å². The minimum Gasteiger partial charge on any atom is -0.338 e. The van der Waals surface area contributed by atoms with Crippen LogP contribution in [0.25, 0.3) is 33.2 Å². The molecular weight excluding hydrogens is 584 g/mol. The molecule has 34 heavy (non-hydrogen) atoms. The first-order valence-corrected chi connectivity index (χ1v) is 12.5. The fraction of sp³-hybridized carbons (Fsp3) is 0.0909. The first-order chi connectivity index (χ1) is 16.5. The standard InChI is InChI=1S/C22H16Br2N8OS/c1-2-25-22(33)30-20-13(18-14(23)4-3-5-15(18)24)8-11-10-26-21(29-19(11)28-20)27-12-6-7-16-17(9-12)32-34-31-16/h3-10H,2H2,1H3,(H3,25,26,27,28,29,30,33). The van der Waals surface area contributed by atoms with Crippen LogP contribution in [0.3, 0.4) is 0 Å². The Morgan fingerprint density at radius 3 is 2.62 bits per heavy atom. The van der Waals surface area contributed by atoms with Crippen LogP contribution in [0.4, 0.5) is 22.2 Å². The fourth-order valence-electron chi connectivity index (χ4n) is 3.37. The second-order valence-electron chi connectivity index (χ2n) is 7.16. The average Bonchev–Trinajstić information content (AvgIpc) is 3.27. The molecule has 12 heteroatoms. The third-order valence-electron chi connectivity index (χ3n) is 4.88. The zero-order valence-electron chi connectivity index (χ0n) is 17.6. The number of aromatic nitrogens is 5. The topological polar surface area (TPSA) is 118 Å². The molecule has 5 aromatic rings. The van der Waals surface area contributed by atoms with Gasteiger partial charge in [-0.3, -0.25) is 5.32 Å². The predicted octanol–water partition coefficient (Wildman–Crippen LogP) is 6.11. The summed E-state index contributed by atoms with van der Waals surface area (Å²) in [5, 5.41) is 9.49. The lowest BCUT2D eigenvalue weighted by Crippen LogP contribution is -2.28. The summed E-state index contributed by atoms with van der Waals surface area (Å²) in [7, 11) is 0. The van der Waals surface area contributed by atoms with E-state index < -0.39 is 0 Å². The third-order valence-corrected chi connectivity index (χ3v) is 6.76. The molecule has 9 nitrogen and oxygen atoms in total. The molecule has 2 amide bonds. The quantitative estimate of drug-likeness (QED) is 0.223. The van der Waals surface area contributed by atoms with Gasteiger partial charge < -0.3 is 10.6 Å². The lowest BCUT2D eigenvalue weighted by atomic mass is 10.1. The summed E-state index contributed by atoms with van der Waals surface area (Å²) in [4.78, 5) is 26.0. The van der Waals surface area contributed by atoms with E-state index in [1.807, 2.05) is 49.4 Å². The van der Waals surface area contributed by atoms with Crippen LogP contribution in [-0.4, -0.2) is 36.3 Å². The minimum atomic E-state index is -0.351. The van der Waals surface area contributed by atoms with Gasteiger partial charge in [-0.25, -0.2) is 14.8 Å². The van der Waals surface area contributed by atoms with E-state index in [1.54, 1.807) is 6.20 Å². The van der Waals surface area contributed by atoms with Gasteiger partial charge in [0.25, 0.3) is 0 Å². The van der Waals surface area contributed by atoms with E-state index >= 15 is 0 Å².